The van der Waals surface area contributed by atoms with Crippen molar-refractivity contribution in [2.75, 3.05) is 6.61 Å². The molecule has 1 fully saturated rings. The minimum absolute atomic E-state index is 0.0579. The minimum atomic E-state index is 0.0579. The summed E-state index contributed by atoms with van der Waals surface area (Å²) in [6.07, 6.45) is 15.3. The van der Waals surface area contributed by atoms with Crippen LogP contribution in [0.1, 0.15) is 84.0 Å². The van der Waals surface area contributed by atoms with Crippen LogP contribution in [0.2, 0.25) is 0 Å². The Hall–Kier alpha value is -0.160. The minimum Gasteiger partial charge on any atom is -0.204 e. The molecule has 0 saturated carbocycles. The SMILES string of the molecule is CC1CCCCCCCCCCCCCOOOO1. The summed E-state index contributed by atoms with van der Waals surface area (Å²) < 4.78 is 0. The number of rotatable bonds is 0. The first kappa shape index (κ1) is 16.9. The Labute approximate surface area is 117 Å². The summed E-state index contributed by atoms with van der Waals surface area (Å²) in [5.41, 5.74) is 0. The number of hydrogen-bond donors (Lipinski definition) is 0. The van der Waals surface area contributed by atoms with E-state index in [9.17, 15) is 0 Å². The van der Waals surface area contributed by atoms with E-state index in [1.54, 1.807) is 0 Å². The molecular formula is C15H30O4. The van der Waals surface area contributed by atoms with Crippen LogP contribution in [-0.2, 0) is 19.9 Å². The molecule has 0 aromatic carbocycles. The average molecular weight is 274 g/mol. The van der Waals surface area contributed by atoms with Crippen LogP contribution < -0.4 is 0 Å². The fourth-order valence-corrected chi connectivity index (χ4v) is 2.37. The van der Waals surface area contributed by atoms with Crippen molar-refractivity contribution in [1.29, 1.82) is 0 Å². The lowest BCUT2D eigenvalue weighted by atomic mass is 10.0. The molecule has 0 amide bonds. The highest BCUT2D eigenvalue weighted by atomic mass is 17.7. The first-order valence-electron chi connectivity index (χ1n) is 8.01. The van der Waals surface area contributed by atoms with Crippen LogP contribution in [0.15, 0.2) is 0 Å². The van der Waals surface area contributed by atoms with Crippen molar-refractivity contribution < 1.29 is 19.9 Å². The Bertz CT molecular complexity index is 169. The zero-order chi connectivity index (χ0) is 13.6. The van der Waals surface area contributed by atoms with E-state index in [1.165, 1.54) is 64.2 Å². The molecular weight excluding hydrogens is 244 g/mol. The van der Waals surface area contributed by atoms with E-state index in [1.807, 2.05) is 6.92 Å². The summed E-state index contributed by atoms with van der Waals surface area (Å²) in [5.74, 6) is 0. The second kappa shape index (κ2) is 12.9. The third-order valence-electron chi connectivity index (χ3n) is 3.62. The molecule has 0 N–H and O–H groups in total. The van der Waals surface area contributed by atoms with Crippen molar-refractivity contribution in [1.82, 2.24) is 0 Å². The molecule has 1 saturated heterocycles. The molecule has 1 atom stereocenters. The number of hydrogen-bond acceptors (Lipinski definition) is 4. The molecule has 1 aliphatic rings. The van der Waals surface area contributed by atoms with Crippen LogP contribution in [0.25, 0.3) is 0 Å². The summed E-state index contributed by atoms with van der Waals surface area (Å²) in [6, 6.07) is 0. The van der Waals surface area contributed by atoms with Gasteiger partial charge in [0.15, 0.2) is 0 Å². The van der Waals surface area contributed by atoms with Crippen molar-refractivity contribution in [3.63, 3.8) is 0 Å². The smallest absolute Gasteiger partial charge is 0.0934 e. The summed E-state index contributed by atoms with van der Waals surface area (Å²) in [7, 11) is 0. The highest BCUT2D eigenvalue weighted by Crippen LogP contribution is 2.13. The Kier molecular flexibility index (Phi) is 11.4. The highest BCUT2D eigenvalue weighted by molar-refractivity contribution is 4.51. The zero-order valence-electron chi connectivity index (χ0n) is 12.4. The molecule has 0 aromatic rings. The van der Waals surface area contributed by atoms with Gasteiger partial charge < -0.3 is 0 Å². The molecule has 1 unspecified atom stereocenters. The summed E-state index contributed by atoms with van der Waals surface area (Å²) in [6.45, 7) is 2.55. The van der Waals surface area contributed by atoms with Crippen LogP contribution >= 0.6 is 0 Å². The van der Waals surface area contributed by atoms with Crippen molar-refractivity contribution in [2.45, 2.75) is 90.1 Å². The summed E-state index contributed by atoms with van der Waals surface area (Å²) >= 11 is 0. The lowest BCUT2D eigenvalue weighted by molar-refractivity contribution is -0.641. The van der Waals surface area contributed by atoms with Crippen molar-refractivity contribution in [3.05, 3.63) is 0 Å². The van der Waals surface area contributed by atoms with E-state index in [0.717, 1.165) is 12.8 Å². The van der Waals surface area contributed by atoms with Crippen molar-refractivity contribution in [3.8, 4) is 0 Å². The fourth-order valence-electron chi connectivity index (χ4n) is 2.37. The van der Waals surface area contributed by atoms with E-state index >= 15 is 0 Å². The van der Waals surface area contributed by atoms with Crippen LogP contribution in [0, 0.1) is 0 Å². The van der Waals surface area contributed by atoms with Crippen LogP contribution in [0.4, 0.5) is 0 Å². The van der Waals surface area contributed by atoms with Crippen LogP contribution in [0.5, 0.6) is 0 Å². The quantitative estimate of drug-likeness (QED) is 0.590. The van der Waals surface area contributed by atoms with Gasteiger partial charge in [-0.3, -0.25) is 0 Å². The van der Waals surface area contributed by atoms with E-state index in [0.29, 0.717) is 6.61 Å². The molecule has 0 spiro atoms. The molecule has 0 bridgehead atoms. The highest BCUT2D eigenvalue weighted by Gasteiger charge is 2.04. The first-order valence-corrected chi connectivity index (χ1v) is 8.01. The largest absolute Gasteiger partial charge is 0.204 e. The molecule has 1 aliphatic heterocycles. The molecule has 4 heteroatoms. The third-order valence-corrected chi connectivity index (χ3v) is 3.62. The third kappa shape index (κ3) is 11.4. The maximum absolute atomic E-state index is 5.04. The fraction of sp³-hybridized carbons (Fsp3) is 1.00. The van der Waals surface area contributed by atoms with Gasteiger partial charge in [-0.25, -0.2) is 9.78 Å². The Balaban J connectivity index is 2.08. The van der Waals surface area contributed by atoms with Gasteiger partial charge in [0.1, 0.15) is 0 Å². The van der Waals surface area contributed by atoms with Crippen LogP contribution in [0.3, 0.4) is 0 Å². The van der Waals surface area contributed by atoms with Crippen LogP contribution in [-0.4, -0.2) is 12.7 Å². The lowest BCUT2D eigenvalue weighted by Crippen LogP contribution is -2.10. The van der Waals surface area contributed by atoms with Gasteiger partial charge in [0.05, 0.1) is 12.7 Å². The molecule has 114 valence electrons. The molecule has 19 heavy (non-hydrogen) atoms. The van der Waals surface area contributed by atoms with Gasteiger partial charge >= 0.3 is 0 Å². The summed E-state index contributed by atoms with van der Waals surface area (Å²) in [4.78, 5) is 9.92. The monoisotopic (exact) mass is 274 g/mol. The predicted octanol–water partition coefficient (Wildman–Crippen LogP) is 4.88. The van der Waals surface area contributed by atoms with Gasteiger partial charge in [-0.2, -0.15) is 0 Å². The van der Waals surface area contributed by atoms with Gasteiger partial charge in [-0.1, -0.05) is 64.2 Å². The van der Waals surface area contributed by atoms with E-state index < -0.39 is 0 Å². The molecule has 4 nitrogen and oxygen atoms in total. The predicted molar refractivity (Wildman–Crippen MR) is 74.1 cm³/mol. The van der Waals surface area contributed by atoms with E-state index in [2.05, 4.69) is 10.1 Å². The molecule has 1 rings (SSSR count). The van der Waals surface area contributed by atoms with Crippen molar-refractivity contribution in [2.24, 2.45) is 0 Å². The van der Waals surface area contributed by atoms with Crippen molar-refractivity contribution >= 4 is 0 Å². The van der Waals surface area contributed by atoms with E-state index in [-0.39, 0.29) is 6.10 Å². The van der Waals surface area contributed by atoms with Gasteiger partial charge in [-0.15, -0.1) is 0 Å². The Morgan fingerprint density at radius 3 is 1.79 bits per heavy atom. The normalized spacial score (nSPS) is 27.3. The second-order valence-corrected chi connectivity index (χ2v) is 5.54. The molecule has 1 heterocycles. The van der Waals surface area contributed by atoms with Gasteiger partial charge in [0, 0.05) is 0 Å². The Morgan fingerprint density at radius 1 is 0.632 bits per heavy atom. The van der Waals surface area contributed by atoms with E-state index in [4.69, 9.17) is 9.78 Å². The first-order chi connectivity index (χ1) is 9.39. The summed E-state index contributed by atoms with van der Waals surface area (Å²) in [5, 5.41) is 9.10. The average Bonchev–Trinajstić information content (AvgIpc) is 2.41. The second-order valence-electron chi connectivity index (χ2n) is 5.54. The van der Waals surface area contributed by atoms with Gasteiger partial charge in [0.25, 0.3) is 0 Å². The standard InChI is InChI=1S/C15H30O4/c1-15-13-11-9-7-5-3-2-4-6-8-10-12-14-16-18-19-17-15/h15H,2-14H2,1H3. The molecule has 0 aliphatic carbocycles. The lowest BCUT2D eigenvalue weighted by Gasteiger charge is -2.10. The maximum atomic E-state index is 5.04. The van der Waals surface area contributed by atoms with Gasteiger partial charge in [-0.05, 0) is 29.8 Å². The molecule has 0 radical (unpaired) electrons. The zero-order valence-corrected chi connectivity index (χ0v) is 12.4. The molecule has 0 aromatic heterocycles. The topological polar surface area (TPSA) is 36.9 Å². The Morgan fingerprint density at radius 2 is 1.16 bits per heavy atom. The maximum Gasteiger partial charge on any atom is 0.0934 e. The van der Waals surface area contributed by atoms with Gasteiger partial charge in [0.2, 0.25) is 0 Å².